The second-order valence-electron chi connectivity index (χ2n) is 3.98. The lowest BCUT2D eigenvalue weighted by Crippen LogP contribution is -2.42. The van der Waals surface area contributed by atoms with Crippen LogP contribution in [0.4, 0.5) is 5.69 Å². The van der Waals surface area contributed by atoms with Gasteiger partial charge in [-0.15, -0.1) is 0 Å². The van der Waals surface area contributed by atoms with Crippen LogP contribution in [0.1, 0.15) is 5.56 Å². The van der Waals surface area contributed by atoms with Gasteiger partial charge in [-0.1, -0.05) is 23.9 Å². The van der Waals surface area contributed by atoms with Crippen LogP contribution in [0.2, 0.25) is 0 Å². The Hall–Kier alpha value is -1.60. The smallest absolute Gasteiger partial charge is 0.269 e. The molecule has 0 unspecified atom stereocenters. The first-order valence-electron chi connectivity index (χ1n) is 5.30. The molecule has 0 saturated carbocycles. The van der Waals surface area contributed by atoms with Crippen molar-refractivity contribution >= 4 is 22.6 Å². The number of nitro groups is 1. The molecule has 0 bridgehead atoms. The van der Waals surface area contributed by atoms with Crippen LogP contribution < -0.4 is 0 Å². The zero-order chi connectivity index (χ0) is 13.3. The quantitative estimate of drug-likeness (QED) is 0.647. The maximum absolute atomic E-state index is 10.8. The predicted molar refractivity (Wildman–Crippen MR) is 70.6 cm³/mol. The summed E-state index contributed by atoms with van der Waals surface area (Å²) >= 11 is 1.42. The first kappa shape index (κ1) is 12.8. The molecule has 18 heavy (non-hydrogen) atoms. The third-order valence-electron chi connectivity index (χ3n) is 2.95. The van der Waals surface area contributed by atoms with Crippen LogP contribution in [0.15, 0.2) is 29.3 Å². The molecular formula is C11H13N3O3S. The van der Waals surface area contributed by atoms with Crippen LogP contribution in [0, 0.1) is 10.1 Å². The van der Waals surface area contributed by atoms with Gasteiger partial charge in [0.05, 0.1) is 10.7 Å². The molecule has 0 aliphatic carbocycles. The highest BCUT2D eigenvalue weighted by Gasteiger charge is 2.42. The summed E-state index contributed by atoms with van der Waals surface area (Å²) in [5.74, 6) is 0.400. The number of non-ortho nitro benzene ring substituents is 1. The molecule has 1 saturated heterocycles. The van der Waals surface area contributed by atoms with Crippen LogP contribution in [0.3, 0.4) is 0 Å². The largest absolute Gasteiger partial charge is 0.366 e. The number of hydrogen-bond donors (Lipinski definition) is 1. The van der Waals surface area contributed by atoms with E-state index in [0.717, 1.165) is 0 Å². The van der Waals surface area contributed by atoms with E-state index in [1.165, 1.54) is 23.9 Å². The van der Waals surface area contributed by atoms with E-state index >= 15 is 0 Å². The molecule has 1 heterocycles. The summed E-state index contributed by atoms with van der Waals surface area (Å²) in [6.45, 7) is 0. The van der Waals surface area contributed by atoms with Gasteiger partial charge in [0.2, 0.25) is 0 Å². The molecule has 1 fully saturated rings. The number of thioether (sulfide) groups is 1. The summed E-state index contributed by atoms with van der Waals surface area (Å²) in [5, 5.41) is 22.1. The molecule has 0 amide bonds. The minimum absolute atomic E-state index is 0.0267. The molecule has 0 radical (unpaired) electrons. The van der Waals surface area contributed by atoms with Crippen molar-refractivity contribution in [1.29, 1.82) is 0 Å². The molecule has 1 aromatic rings. The summed E-state index contributed by atoms with van der Waals surface area (Å²) < 4.78 is 0. The number of aliphatic hydroxyl groups is 1. The van der Waals surface area contributed by atoms with Crippen LogP contribution in [-0.4, -0.2) is 39.9 Å². The second-order valence-corrected chi connectivity index (χ2v) is 4.92. The highest BCUT2D eigenvalue weighted by atomic mass is 32.2. The number of benzene rings is 1. The molecule has 1 aliphatic heterocycles. The van der Waals surface area contributed by atoms with Crippen molar-refractivity contribution in [3.05, 3.63) is 39.9 Å². The lowest BCUT2D eigenvalue weighted by Gasteiger charge is -2.31. The number of aliphatic imine (C=N–C) groups is 1. The fourth-order valence-electron chi connectivity index (χ4n) is 1.88. The maximum atomic E-state index is 10.8. The van der Waals surface area contributed by atoms with Gasteiger partial charge >= 0.3 is 0 Å². The minimum Gasteiger partial charge on any atom is -0.366 e. The Bertz CT molecular complexity index is 520. The highest BCUT2D eigenvalue weighted by Crippen LogP contribution is 2.38. The molecule has 1 N–H and O–H groups in total. The zero-order valence-electron chi connectivity index (χ0n) is 10.0. The van der Waals surface area contributed by atoms with Crippen molar-refractivity contribution in [2.24, 2.45) is 4.99 Å². The Morgan fingerprint density at radius 3 is 2.89 bits per heavy atom. The van der Waals surface area contributed by atoms with Crippen LogP contribution in [0.5, 0.6) is 0 Å². The van der Waals surface area contributed by atoms with Crippen molar-refractivity contribution in [2.75, 3.05) is 19.8 Å². The monoisotopic (exact) mass is 267 g/mol. The topological polar surface area (TPSA) is 79.0 Å². The number of amidine groups is 1. The Morgan fingerprint density at radius 1 is 1.61 bits per heavy atom. The van der Waals surface area contributed by atoms with Gasteiger partial charge < -0.3 is 10.0 Å². The number of rotatable bonds is 2. The van der Waals surface area contributed by atoms with E-state index in [9.17, 15) is 15.2 Å². The zero-order valence-corrected chi connectivity index (χ0v) is 10.8. The third-order valence-corrected chi connectivity index (χ3v) is 4.22. The summed E-state index contributed by atoms with van der Waals surface area (Å²) in [7, 11) is 3.37. The molecule has 1 aromatic carbocycles. The first-order valence-corrected chi connectivity index (χ1v) is 6.28. The molecule has 7 heteroatoms. The first-order chi connectivity index (χ1) is 8.49. The number of nitrogens with zero attached hydrogens (tertiary/aromatic N) is 3. The maximum Gasteiger partial charge on any atom is 0.269 e. The van der Waals surface area contributed by atoms with Gasteiger partial charge in [0.25, 0.3) is 5.69 Å². The van der Waals surface area contributed by atoms with E-state index in [-0.39, 0.29) is 5.69 Å². The number of nitro benzene ring substituents is 1. The molecular weight excluding hydrogens is 254 g/mol. The Balaban J connectivity index is 2.42. The van der Waals surface area contributed by atoms with E-state index in [4.69, 9.17) is 0 Å². The lowest BCUT2D eigenvalue weighted by atomic mass is 10.0. The Kier molecular flexibility index (Phi) is 3.27. The Morgan fingerprint density at radius 2 is 2.33 bits per heavy atom. The van der Waals surface area contributed by atoms with Crippen LogP contribution in [-0.2, 0) is 5.72 Å². The fraction of sp³-hybridized carbons (Fsp3) is 0.364. The van der Waals surface area contributed by atoms with E-state index in [1.807, 2.05) is 0 Å². The standard InChI is InChI=1S/C11H13N3O3S/c1-12-10-13(2)11(15,7-18-10)8-4-3-5-9(6-8)14(16)17/h3-6,15H,7H2,1-2H3/t11-/m0/s1. The fourth-order valence-corrected chi connectivity index (χ4v) is 3.04. The summed E-state index contributed by atoms with van der Waals surface area (Å²) in [5.41, 5.74) is -0.766. The average molecular weight is 267 g/mol. The Labute approximate surface area is 108 Å². The third kappa shape index (κ3) is 1.95. The predicted octanol–water partition coefficient (Wildman–Crippen LogP) is 1.40. The van der Waals surface area contributed by atoms with Crippen molar-refractivity contribution < 1.29 is 10.0 Å². The van der Waals surface area contributed by atoms with Gasteiger partial charge in [0.1, 0.15) is 0 Å². The summed E-state index contributed by atoms with van der Waals surface area (Å²) in [6.07, 6.45) is 0. The molecule has 0 aromatic heterocycles. The molecule has 1 aliphatic rings. The van der Waals surface area contributed by atoms with Crippen molar-refractivity contribution in [3.8, 4) is 0 Å². The van der Waals surface area contributed by atoms with Crippen molar-refractivity contribution in [1.82, 2.24) is 4.90 Å². The summed E-state index contributed by atoms with van der Waals surface area (Å²) in [4.78, 5) is 16.0. The molecule has 2 rings (SSSR count). The van der Waals surface area contributed by atoms with E-state index < -0.39 is 10.6 Å². The normalized spacial score (nSPS) is 25.7. The van der Waals surface area contributed by atoms with E-state index in [1.54, 1.807) is 31.1 Å². The van der Waals surface area contributed by atoms with Gasteiger partial charge in [0.15, 0.2) is 10.9 Å². The molecule has 6 nitrogen and oxygen atoms in total. The van der Waals surface area contributed by atoms with Crippen LogP contribution in [0.25, 0.3) is 0 Å². The van der Waals surface area contributed by atoms with Crippen molar-refractivity contribution in [3.63, 3.8) is 0 Å². The van der Waals surface area contributed by atoms with Gasteiger partial charge in [0, 0.05) is 31.8 Å². The van der Waals surface area contributed by atoms with Crippen molar-refractivity contribution in [2.45, 2.75) is 5.72 Å². The van der Waals surface area contributed by atoms with Gasteiger partial charge in [-0.25, -0.2) is 0 Å². The minimum atomic E-state index is -1.24. The second kappa shape index (κ2) is 4.58. The summed E-state index contributed by atoms with van der Waals surface area (Å²) in [6, 6.07) is 6.06. The molecule has 96 valence electrons. The van der Waals surface area contributed by atoms with Gasteiger partial charge in [-0.2, -0.15) is 0 Å². The van der Waals surface area contributed by atoms with E-state index in [0.29, 0.717) is 16.5 Å². The SMILES string of the molecule is CN=C1SC[C@](O)(c2cccc([N+](=O)[O-])c2)N1C. The number of hydrogen-bond acceptors (Lipinski definition) is 5. The average Bonchev–Trinajstić information content (AvgIpc) is 2.67. The van der Waals surface area contributed by atoms with E-state index in [2.05, 4.69) is 4.99 Å². The molecule has 1 atom stereocenters. The highest BCUT2D eigenvalue weighted by molar-refractivity contribution is 8.14. The van der Waals surface area contributed by atoms with Gasteiger partial charge in [-0.3, -0.25) is 15.1 Å². The van der Waals surface area contributed by atoms with Crippen LogP contribution >= 0.6 is 11.8 Å². The van der Waals surface area contributed by atoms with Gasteiger partial charge in [-0.05, 0) is 0 Å². The molecule has 0 spiro atoms. The lowest BCUT2D eigenvalue weighted by molar-refractivity contribution is -0.385.